The summed E-state index contributed by atoms with van der Waals surface area (Å²) < 4.78 is 0.502. The summed E-state index contributed by atoms with van der Waals surface area (Å²) in [5.41, 5.74) is 0. The number of aliphatic hydroxyl groups excluding tert-OH is 1. The van der Waals surface area contributed by atoms with Crippen LogP contribution < -0.4 is 0 Å². The van der Waals surface area contributed by atoms with Crippen LogP contribution in [-0.4, -0.2) is 28.6 Å². The summed E-state index contributed by atoms with van der Waals surface area (Å²) in [6.07, 6.45) is 0. The summed E-state index contributed by atoms with van der Waals surface area (Å²) in [5.74, 6) is 0. The second kappa shape index (κ2) is 2.74. The van der Waals surface area contributed by atoms with E-state index in [-0.39, 0.29) is 0 Å². The van der Waals surface area contributed by atoms with Crippen LogP contribution in [0.15, 0.2) is 0 Å². The minimum absolute atomic E-state index is 0.333. The Morgan fingerprint density at radius 2 is 2.20 bits per heavy atom. The fourth-order valence-corrected chi connectivity index (χ4v) is 0. The molecule has 0 aliphatic rings. The van der Waals surface area contributed by atoms with E-state index >= 15 is 0 Å². The number of aliphatic hydroxyl groups is 1. The number of hydrogen-bond acceptors (Lipinski definition) is 1. The zero-order valence-corrected chi connectivity index (χ0v) is 5.73. The Hall–Kier alpha value is 0.518. The van der Waals surface area contributed by atoms with Crippen molar-refractivity contribution in [3.63, 3.8) is 0 Å². The van der Waals surface area contributed by atoms with Gasteiger partial charge >= 0.3 is 40.2 Å². The van der Waals surface area contributed by atoms with E-state index in [9.17, 15) is 0 Å². The van der Waals surface area contributed by atoms with E-state index in [4.69, 9.17) is 5.11 Å². The Balaban J connectivity index is 2.54. The van der Waals surface area contributed by atoms with E-state index in [1.54, 1.807) is 16.9 Å². The van der Waals surface area contributed by atoms with E-state index < -0.39 is 0 Å². The van der Waals surface area contributed by atoms with Crippen LogP contribution in [-0.2, 0) is 0 Å². The Kier molecular flexibility index (Phi) is 3.02. The Bertz CT molecular complexity index is 20.9. The molecule has 0 fully saturated rings. The second-order valence-electron chi connectivity index (χ2n) is 1.16. The summed E-state index contributed by atoms with van der Waals surface area (Å²) in [4.78, 5) is 0. The van der Waals surface area contributed by atoms with E-state index in [0.717, 1.165) is 0 Å². The first kappa shape index (κ1) is 5.52. The van der Waals surface area contributed by atoms with Crippen molar-refractivity contribution in [3.8, 4) is 0 Å². The third-order valence-electron chi connectivity index (χ3n) is 0.288. The van der Waals surface area contributed by atoms with Crippen molar-refractivity contribution in [1.82, 2.24) is 0 Å². The van der Waals surface area contributed by atoms with Crippen LogP contribution in [0, 0.1) is 0 Å². The molecular formula is C3H9AsO. The molecule has 1 N–H and O–H groups in total. The van der Waals surface area contributed by atoms with Crippen LogP contribution in [0.25, 0.3) is 0 Å². The number of hydrogen-bond donors (Lipinski definition) is 1. The molecule has 0 heterocycles. The molecule has 0 bridgehead atoms. The average molecular weight is 136 g/mol. The zero-order valence-electron chi connectivity index (χ0n) is 3.31. The molecule has 0 aliphatic carbocycles. The SMILES string of the molecule is CC([AsH2])CO. The molecule has 2 heteroatoms. The molecule has 2 atom stereocenters. The van der Waals surface area contributed by atoms with Crippen molar-refractivity contribution in [2.45, 2.75) is 11.6 Å². The molecule has 0 aromatic rings. The average Bonchev–Trinajstić information content (AvgIpc) is 1.38. The molecule has 5 heavy (non-hydrogen) atoms. The van der Waals surface area contributed by atoms with Gasteiger partial charge in [0.05, 0.1) is 0 Å². The van der Waals surface area contributed by atoms with Crippen LogP contribution in [0.4, 0.5) is 0 Å². The fourth-order valence-electron chi connectivity index (χ4n) is 0. The van der Waals surface area contributed by atoms with E-state index in [2.05, 4.69) is 0 Å². The predicted octanol–water partition coefficient (Wildman–Crippen LogP) is -0.580. The first-order chi connectivity index (χ1) is 2.27. The van der Waals surface area contributed by atoms with Crippen LogP contribution >= 0.6 is 0 Å². The van der Waals surface area contributed by atoms with Gasteiger partial charge in [-0.05, 0) is 0 Å². The normalized spacial score (nSPS) is 15.0. The molecule has 0 radical (unpaired) electrons. The van der Waals surface area contributed by atoms with E-state index in [0.29, 0.717) is 11.3 Å². The summed E-state index contributed by atoms with van der Waals surface area (Å²) in [7, 11) is 0. The van der Waals surface area contributed by atoms with Crippen molar-refractivity contribution in [3.05, 3.63) is 0 Å². The van der Waals surface area contributed by atoms with Gasteiger partial charge in [0.1, 0.15) is 0 Å². The molecule has 0 saturated carbocycles. The Labute approximate surface area is 40.9 Å². The third kappa shape index (κ3) is 4.52. The second-order valence-corrected chi connectivity index (χ2v) is 3.55. The Morgan fingerprint density at radius 1 is 2.00 bits per heavy atom. The van der Waals surface area contributed by atoms with Gasteiger partial charge in [0, 0.05) is 0 Å². The van der Waals surface area contributed by atoms with Crippen molar-refractivity contribution < 1.29 is 5.11 Å². The summed E-state index contributed by atoms with van der Waals surface area (Å²) in [5, 5.41) is 8.16. The van der Waals surface area contributed by atoms with Gasteiger partial charge in [-0.15, -0.1) is 0 Å². The molecule has 0 aromatic heterocycles. The van der Waals surface area contributed by atoms with Crippen LogP contribution in [0.3, 0.4) is 0 Å². The standard InChI is InChI=1S/C3H9AsO/c1-3(4)2-5/h3,5H,2,4H2,1H3. The predicted molar refractivity (Wildman–Crippen MR) is 25.1 cm³/mol. The minimum atomic E-state index is 0.333. The van der Waals surface area contributed by atoms with Crippen molar-refractivity contribution in [1.29, 1.82) is 0 Å². The van der Waals surface area contributed by atoms with Gasteiger partial charge in [-0.2, -0.15) is 0 Å². The quantitative estimate of drug-likeness (QED) is 0.478. The van der Waals surface area contributed by atoms with Crippen molar-refractivity contribution in [2.75, 3.05) is 6.61 Å². The fraction of sp³-hybridized carbons (Fsp3) is 1.00. The molecule has 0 aromatic carbocycles. The zero-order chi connectivity index (χ0) is 4.28. The number of rotatable bonds is 1. The first-order valence-electron chi connectivity index (χ1n) is 1.64. The molecule has 0 saturated heterocycles. The molecule has 0 spiro atoms. The van der Waals surface area contributed by atoms with Gasteiger partial charge in [0.25, 0.3) is 0 Å². The Morgan fingerprint density at radius 3 is 2.20 bits per heavy atom. The summed E-state index contributed by atoms with van der Waals surface area (Å²) in [6, 6.07) is 0. The molecular weight excluding hydrogens is 127 g/mol. The topological polar surface area (TPSA) is 20.2 Å². The monoisotopic (exact) mass is 136 g/mol. The van der Waals surface area contributed by atoms with Crippen LogP contribution in [0.2, 0.25) is 4.71 Å². The molecule has 2 unspecified atom stereocenters. The molecule has 0 aliphatic heterocycles. The van der Waals surface area contributed by atoms with Gasteiger partial charge in [0.15, 0.2) is 0 Å². The van der Waals surface area contributed by atoms with Gasteiger partial charge in [-0.25, -0.2) is 0 Å². The van der Waals surface area contributed by atoms with Gasteiger partial charge in [-0.1, -0.05) is 0 Å². The van der Waals surface area contributed by atoms with Crippen molar-refractivity contribution >= 4 is 16.9 Å². The molecule has 0 amide bonds. The molecule has 0 rings (SSSR count). The first-order valence-corrected chi connectivity index (χ1v) is 3.03. The van der Waals surface area contributed by atoms with Crippen LogP contribution in [0.1, 0.15) is 6.92 Å². The molecule has 1 nitrogen and oxygen atoms in total. The summed E-state index contributed by atoms with van der Waals surface area (Å²) >= 11 is 1.59. The maximum atomic E-state index is 8.16. The van der Waals surface area contributed by atoms with Gasteiger partial charge in [-0.3, -0.25) is 0 Å². The maximum absolute atomic E-state index is 8.16. The van der Waals surface area contributed by atoms with Gasteiger partial charge < -0.3 is 0 Å². The summed E-state index contributed by atoms with van der Waals surface area (Å²) in [6.45, 7) is 2.33. The van der Waals surface area contributed by atoms with E-state index in [1.165, 1.54) is 0 Å². The van der Waals surface area contributed by atoms with Crippen LogP contribution in [0.5, 0.6) is 0 Å². The van der Waals surface area contributed by atoms with Gasteiger partial charge in [0.2, 0.25) is 0 Å². The van der Waals surface area contributed by atoms with E-state index in [1.807, 2.05) is 6.92 Å². The molecule has 32 valence electrons. The third-order valence-corrected chi connectivity index (χ3v) is 0.730. The van der Waals surface area contributed by atoms with Crippen molar-refractivity contribution in [2.24, 2.45) is 0 Å².